The van der Waals surface area contributed by atoms with Crippen LogP contribution in [0.15, 0.2) is 91.0 Å². The molecule has 1 aliphatic heterocycles. The van der Waals surface area contributed by atoms with Crippen molar-refractivity contribution in [3.63, 3.8) is 0 Å². The molecular weight excluding hydrogens is 432 g/mol. The van der Waals surface area contributed by atoms with Crippen molar-refractivity contribution in [2.24, 2.45) is 0 Å². The highest BCUT2D eigenvalue weighted by Gasteiger charge is 2.32. The molecule has 1 aliphatic rings. The van der Waals surface area contributed by atoms with Gasteiger partial charge in [-0.2, -0.15) is 0 Å². The first-order valence-corrected chi connectivity index (χ1v) is 12.4. The van der Waals surface area contributed by atoms with Crippen molar-refractivity contribution in [3.8, 4) is 0 Å². The van der Waals surface area contributed by atoms with Crippen LogP contribution in [0.4, 0.5) is 10.5 Å². The smallest absolute Gasteiger partial charge is 0.319 e. The maximum Gasteiger partial charge on any atom is 0.319 e. The van der Waals surface area contributed by atoms with Gasteiger partial charge < -0.3 is 10.6 Å². The van der Waals surface area contributed by atoms with Crippen molar-refractivity contribution in [1.82, 2.24) is 15.2 Å². The van der Waals surface area contributed by atoms with E-state index in [0.29, 0.717) is 6.04 Å². The number of nitrogens with one attached hydrogen (secondary N) is 2. The minimum absolute atomic E-state index is 0.110. The number of nitrogens with zero attached hydrogens (tertiary/aromatic N) is 2. The highest BCUT2D eigenvalue weighted by atomic mass is 16.2. The van der Waals surface area contributed by atoms with Gasteiger partial charge in [0.05, 0.1) is 11.2 Å². The first-order chi connectivity index (χ1) is 17.1. The summed E-state index contributed by atoms with van der Waals surface area (Å²) in [5.41, 5.74) is 5.20. The fourth-order valence-electron chi connectivity index (χ4n) is 5.31. The molecule has 5 heteroatoms. The lowest BCUT2D eigenvalue weighted by Crippen LogP contribution is -2.42. The number of aromatic nitrogens is 1. The minimum atomic E-state index is -0.164. The van der Waals surface area contributed by atoms with Crippen LogP contribution in [0.3, 0.4) is 0 Å². The van der Waals surface area contributed by atoms with Crippen LogP contribution in [0.1, 0.15) is 36.1 Å². The van der Waals surface area contributed by atoms with Gasteiger partial charge in [0, 0.05) is 42.2 Å². The van der Waals surface area contributed by atoms with Crippen LogP contribution in [0.2, 0.25) is 0 Å². The third-order valence-electron chi connectivity index (χ3n) is 7.02. The van der Waals surface area contributed by atoms with Crippen LogP contribution in [0, 0.1) is 6.92 Å². The van der Waals surface area contributed by atoms with E-state index in [4.69, 9.17) is 0 Å². The van der Waals surface area contributed by atoms with Crippen LogP contribution >= 0.6 is 0 Å². The number of carbonyl (C=O) groups is 1. The predicted octanol–water partition coefficient (Wildman–Crippen LogP) is 5.96. The zero-order valence-corrected chi connectivity index (χ0v) is 20.3. The molecule has 2 amide bonds. The number of aryl methyl sites for hydroxylation is 1. The van der Waals surface area contributed by atoms with E-state index < -0.39 is 0 Å². The van der Waals surface area contributed by atoms with Gasteiger partial charge in [-0.1, -0.05) is 78.9 Å². The molecule has 2 atom stereocenters. The lowest BCUT2D eigenvalue weighted by atomic mass is 9.85. The Morgan fingerprint density at radius 2 is 1.57 bits per heavy atom. The van der Waals surface area contributed by atoms with Gasteiger partial charge >= 0.3 is 6.03 Å². The van der Waals surface area contributed by atoms with Gasteiger partial charge in [-0.15, -0.1) is 0 Å². The van der Waals surface area contributed by atoms with E-state index in [2.05, 4.69) is 88.1 Å². The van der Waals surface area contributed by atoms with Crippen molar-refractivity contribution < 1.29 is 4.79 Å². The molecule has 1 fully saturated rings. The number of rotatable bonds is 6. The van der Waals surface area contributed by atoms with Crippen LogP contribution in [-0.2, 0) is 0 Å². The quantitative estimate of drug-likeness (QED) is 0.370. The monoisotopic (exact) mass is 464 g/mol. The van der Waals surface area contributed by atoms with E-state index in [0.717, 1.165) is 41.8 Å². The van der Waals surface area contributed by atoms with Gasteiger partial charge in [0.2, 0.25) is 0 Å². The number of likely N-dealkylation sites (tertiary alicyclic amines) is 1. The first kappa shape index (κ1) is 23.1. The summed E-state index contributed by atoms with van der Waals surface area (Å²) in [5, 5.41) is 7.21. The standard InChI is InChI=1S/C30H32N4O/c1-21-19-28(26-15-9-10-16-27(26)31-21)33-30(35)32-25-17-18-34(20-25)22(2)29(23-11-5-3-6-12-23)24-13-7-4-8-14-24/h3-16,19,22,25,29H,17-18,20H2,1-2H3,(H2,31,32,33,35)/t22-,25?/m0/s1. The Bertz CT molecular complexity index is 1250. The number of pyridine rings is 1. The Hall–Kier alpha value is -3.70. The van der Waals surface area contributed by atoms with Crippen LogP contribution in [0.25, 0.3) is 10.9 Å². The maximum atomic E-state index is 12.9. The first-order valence-electron chi connectivity index (χ1n) is 12.4. The second-order valence-electron chi connectivity index (χ2n) is 9.45. The number of fused-ring (bicyclic) bond motifs is 1. The number of hydrogen-bond donors (Lipinski definition) is 2. The van der Waals surface area contributed by atoms with E-state index in [1.165, 1.54) is 11.1 Å². The summed E-state index contributed by atoms with van der Waals surface area (Å²) in [7, 11) is 0. The molecule has 0 spiro atoms. The Morgan fingerprint density at radius 1 is 0.943 bits per heavy atom. The Morgan fingerprint density at radius 3 is 2.26 bits per heavy atom. The van der Waals surface area contributed by atoms with Crippen molar-refractivity contribution in [1.29, 1.82) is 0 Å². The van der Waals surface area contributed by atoms with Crippen molar-refractivity contribution in [2.45, 2.75) is 38.3 Å². The maximum absolute atomic E-state index is 12.9. The van der Waals surface area contributed by atoms with Crippen molar-refractivity contribution in [2.75, 3.05) is 18.4 Å². The molecule has 0 radical (unpaired) electrons. The van der Waals surface area contributed by atoms with Crippen LogP contribution in [-0.4, -0.2) is 41.1 Å². The molecular formula is C30H32N4O. The third kappa shape index (κ3) is 5.20. The molecule has 5 nitrogen and oxygen atoms in total. The lowest BCUT2D eigenvalue weighted by molar-refractivity contribution is 0.229. The molecule has 35 heavy (non-hydrogen) atoms. The molecule has 0 bridgehead atoms. The van der Waals surface area contributed by atoms with Crippen LogP contribution in [0.5, 0.6) is 0 Å². The van der Waals surface area contributed by atoms with E-state index in [-0.39, 0.29) is 18.0 Å². The van der Waals surface area contributed by atoms with Crippen molar-refractivity contribution >= 4 is 22.6 Å². The topological polar surface area (TPSA) is 57.3 Å². The molecule has 2 N–H and O–H groups in total. The number of hydrogen-bond acceptors (Lipinski definition) is 3. The molecule has 2 heterocycles. The number of para-hydroxylation sites is 1. The molecule has 3 aromatic carbocycles. The zero-order chi connectivity index (χ0) is 24.2. The van der Waals surface area contributed by atoms with Gasteiger partial charge in [-0.05, 0) is 43.5 Å². The number of amides is 2. The second-order valence-corrected chi connectivity index (χ2v) is 9.45. The SMILES string of the molecule is Cc1cc(NC(=O)NC2CCN([C@@H](C)C(c3ccccc3)c3ccccc3)C2)c2ccccc2n1. The largest absolute Gasteiger partial charge is 0.334 e. The Balaban J connectivity index is 1.27. The average Bonchev–Trinajstić information content (AvgIpc) is 3.34. The van der Waals surface area contributed by atoms with Crippen LogP contribution < -0.4 is 10.6 Å². The van der Waals surface area contributed by atoms with E-state index in [1.54, 1.807) is 0 Å². The lowest BCUT2D eigenvalue weighted by Gasteiger charge is -2.33. The molecule has 1 unspecified atom stereocenters. The van der Waals surface area contributed by atoms with E-state index >= 15 is 0 Å². The molecule has 5 rings (SSSR count). The van der Waals surface area contributed by atoms with Gasteiger partial charge in [0.1, 0.15) is 0 Å². The summed E-state index contributed by atoms with van der Waals surface area (Å²) < 4.78 is 0. The molecule has 4 aromatic rings. The summed E-state index contributed by atoms with van der Waals surface area (Å²) >= 11 is 0. The summed E-state index contributed by atoms with van der Waals surface area (Å²) in [6, 6.07) is 31.5. The summed E-state index contributed by atoms with van der Waals surface area (Å²) in [5.74, 6) is 0.274. The summed E-state index contributed by atoms with van der Waals surface area (Å²) in [4.78, 5) is 20.0. The number of carbonyl (C=O) groups excluding carboxylic acids is 1. The minimum Gasteiger partial charge on any atom is -0.334 e. The highest BCUT2D eigenvalue weighted by Crippen LogP contribution is 2.32. The average molecular weight is 465 g/mol. The van der Waals surface area contributed by atoms with E-state index in [1.807, 2.05) is 37.3 Å². The predicted molar refractivity (Wildman–Crippen MR) is 143 cm³/mol. The molecule has 1 saturated heterocycles. The number of urea groups is 1. The van der Waals surface area contributed by atoms with Crippen molar-refractivity contribution in [3.05, 3.63) is 108 Å². The summed E-state index contributed by atoms with van der Waals surface area (Å²) in [6.07, 6.45) is 0.935. The molecule has 0 aliphatic carbocycles. The second kappa shape index (κ2) is 10.3. The molecule has 178 valence electrons. The van der Waals surface area contributed by atoms with Gasteiger partial charge in [-0.3, -0.25) is 9.88 Å². The molecule has 0 saturated carbocycles. The normalized spacial score (nSPS) is 16.9. The number of benzene rings is 3. The summed E-state index contributed by atoms with van der Waals surface area (Å²) in [6.45, 7) is 6.04. The number of anilines is 1. The third-order valence-corrected chi connectivity index (χ3v) is 7.02. The fourth-order valence-corrected chi connectivity index (χ4v) is 5.31. The Labute approximate surface area is 207 Å². The van der Waals surface area contributed by atoms with Gasteiger partial charge in [0.25, 0.3) is 0 Å². The highest BCUT2D eigenvalue weighted by molar-refractivity contribution is 6.00. The molecule has 1 aromatic heterocycles. The zero-order valence-electron chi connectivity index (χ0n) is 20.3. The van der Waals surface area contributed by atoms with E-state index in [9.17, 15) is 4.79 Å². The fraction of sp³-hybridized carbons (Fsp3) is 0.267. The van der Waals surface area contributed by atoms with Gasteiger partial charge in [0.15, 0.2) is 0 Å². The van der Waals surface area contributed by atoms with Gasteiger partial charge in [-0.25, -0.2) is 4.79 Å². The Kier molecular flexibility index (Phi) is 6.77.